The number of hydrogen-bond donors (Lipinski definition) is 1. The molecule has 1 N–H and O–H groups in total. The lowest BCUT2D eigenvalue weighted by atomic mass is 9.95. The van der Waals surface area contributed by atoms with E-state index in [0.717, 1.165) is 24.5 Å². The monoisotopic (exact) mass is 263 g/mol. The summed E-state index contributed by atoms with van der Waals surface area (Å²) in [7, 11) is 3.35. The van der Waals surface area contributed by atoms with Gasteiger partial charge in [0.2, 0.25) is 0 Å². The van der Waals surface area contributed by atoms with E-state index in [-0.39, 0.29) is 0 Å². The van der Waals surface area contributed by atoms with Crippen LogP contribution in [0, 0.1) is 0 Å². The van der Waals surface area contributed by atoms with Crippen LogP contribution >= 0.6 is 0 Å². The summed E-state index contributed by atoms with van der Waals surface area (Å²) in [5.74, 6) is 1.67. The van der Waals surface area contributed by atoms with E-state index in [1.165, 1.54) is 18.4 Å². The van der Waals surface area contributed by atoms with Crippen molar-refractivity contribution >= 4 is 0 Å². The zero-order chi connectivity index (χ0) is 13.2. The van der Waals surface area contributed by atoms with E-state index in [2.05, 4.69) is 5.32 Å². The first kappa shape index (κ1) is 12.8. The molecular weight excluding hydrogens is 242 g/mol. The van der Waals surface area contributed by atoms with Gasteiger partial charge in [0, 0.05) is 18.7 Å². The normalized spacial score (nSPS) is 28.6. The molecular formula is C15H21NO3. The number of benzene rings is 1. The Balaban J connectivity index is 1.63. The van der Waals surface area contributed by atoms with Gasteiger partial charge in [0.1, 0.15) is 11.5 Å². The highest BCUT2D eigenvalue weighted by Gasteiger charge is 2.40. The van der Waals surface area contributed by atoms with Crippen molar-refractivity contribution in [2.45, 2.75) is 44.1 Å². The molecule has 3 atom stereocenters. The molecule has 2 aliphatic heterocycles. The molecule has 0 saturated carbocycles. The Morgan fingerprint density at radius 2 is 1.89 bits per heavy atom. The quantitative estimate of drug-likeness (QED) is 0.883. The molecule has 1 aromatic rings. The molecule has 2 aliphatic rings. The van der Waals surface area contributed by atoms with Crippen LogP contribution in [-0.4, -0.2) is 32.5 Å². The van der Waals surface area contributed by atoms with Crippen molar-refractivity contribution in [1.82, 2.24) is 5.32 Å². The minimum Gasteiger partial charge on any atom is -0.497 e. The molecule has 2 saturated heterocycles. The molecule has 0 aliphatic carbocycles. The summed E-state index contributed by atoms with van der Waals surface area (Å²) >= 11 is 0. The van der Waals surface area contributed by atoms with Crippen LogP contribution in [0.2, 0.25) is 0 Å². The molecule has 4 nitrogen and oxygen atoms in total. The Morgan fingerprint density at radius 1 is 1.16 bits per heavy atom. The van der Waals surface area contributed by atoms with E-state index >= 15 is 0 Å². The smallest absolute Gasteiger partial charge is 0.122 e. The molecule has 3 unspecified atom stereocenters. The highest BCUT2D eigenvalue weighted by molar-refractivity contribution is 5.38. The Morgan fingerprint density at radius 3 is 2.42 bits per heavy atom. The standard InChI is InChI=1S/C15H21NO3/c1-17-12-5-10(6-13(7-12)18-2)9-16-14-8-11-3-4-15(14)19-11/h5-7,11,14-16H,3-4,8-9H2,1-2H3. The maximum atomic E-state index is 5.85. The summed E-state index contributed by atoms with van der Waals surface area (Å²) in [4.78, 5) is 0. The van der Waals surface area contributed by atoms with Gasteiger partial charge in [-0.25, -0.2) is 0 Å². The second-order valence-electron chi connectivity index (χ2n) is 5.32. The lowest BCUT2D eigenvalue weighted by molar-refractivity contribution is 0.0973. The Labute approximate surface area is 114 Å². The van der Waals surface area contributed by atoms with Gasteiger partial charge in [-0.15, -0.1) is 0 Å². The molecule has 4 heteroatoms. The molecule has 0 spiro atoms. The second-order valence-corrected chi connectivity index (χ2v) is 5.32. The van der Waals surface area contributed by atoms with Gasteiger partial charge in [0.05, 0.1) is 26.4 Å². The second kappa shape index (κ2) is 5.39. The number of hydrogen-bond acceptors (Lipinski definition) is 4. The maximum Gasteiger partial charge on any atom is 0.122 e. The van der Waals surface area contributed by atoms with Crippen LogP contribution in [0.3, 0.4) is 0 Å². The highest BCUT2D eigenvalue weighted by atomic mass is 16.5. The Kier molecular flexibility index (Phi) is 3.62. The molecule has 0 aromatic heterocycles. The van der Waals surface area contributed by atoms with Crippen molar-refractivity contribution in [3.8, 4) is 11.5 Å². The highest BCUT2D eigenvalue weighted by Crippen LogP contribution is 2.34. The molecule has 2 heterocycles. The van der Waals surface area contributed by atoms with Crippen molar-refractivity contribution in [3.63, 3.8) is 0 Å². The van der Waals surface area contributed by atoms with Gasteiger partial charge in [-0.3, -0.25) is 0 Å². The van der Waals surface area contributed by atoms with Crippen molar-refractivity contribution in [2.75, 3.05) is 14.2 Å². The lowest BCUT2D eigenvalue weighted by Crippen LogP contribution is -2.36. The summed E-state index contributed by atoms with van der Waals surface area (Å²) in [5, 5.41) is 3.60. The van der Waals surface area contributed by atoms with Crippen LogP contribution in [-0.2, 0) is 11.3 Å². The molecule has 104 valence electrons. The molecule has 2 bridgehead atoms. The average molecular weight is 263 g/mol. The van der Waals surface area contributed by atoms with Gasteiger partial charge in [0.25, 0.3) is 0 Å². The number of fused-ring (bicyclic) bond motifs is 2. The number of methoxy groups -OCH3 is 2. The van der Waals surface area contributed by atoms with Crippen LogP contribution in [0.5, 0.6) is 11.5 Å². The topological polar surface area (TPSA) is 39.7 Å². The van der Waals surface area contributed by atoms with Crippen molar-refractivity contribution in [3.05, 3.63) is 23.8 Å². The number of ether oxygens (including phenoxy) is 3. The third-order valence-corrected chi connectivity index (χ3v) is 4.09. The molecule has 2 fully saturated rings. The fourth-order valence-corrected chi connectivity index (χ4v) is 3.07. The Bertz CT molecular complexity index is 427. The SMILES string of the molecule is COc1cc(CNC2CC3CCC2O3)cc(OC)c1. The third kappa shape index (κ3) is 2.69. The van der Waals surface area contributed by atoms with Crippen LogP contribution in [0.4, 0.5) is 0 Å². The van der Waals surface area contributed by atoms with E-state index < -0.39 is 0 Å². The van der Waals surface area contributed by atoms with Crippen LogP contribution in [0.1, 0.15) is 24.8 Å². The summed E-state index contributed by atoms with van der Waals surface area (Å²) in [6.07, 6.45) is 4.48. The first-order valence-corrected chi connectivity index (χ1v) is 6.89. The predicted octanol–water partition coefficient (Wildman–Crippen LogP) is 2.11. The zero-order valence-electron chi connectivity index (χ0n) is 11.5. The molecule has 3 rings (SSSR count). The fraction of sp³-hybridized carbons (Fsp3) is 0.600. The van der Waals surface area contributed by atoms with Gasteiger partial charge in [-0.2, -0.15) is 0 Å². The average Bonchev–Trinajstić information content (AvgIpc) is 3.07. The minimum absolute atomic E-state index is 0.414. The molecule has 19 heavy (non-hydrogen) atoms. The number of nitrogens with one attached hydrogen (secondary N) is 1. The maximum absolute atomic E-state index is 5.85. The van der Waals surface area contributed by atoms with Crippen LogP contribution < -0.4 is 14.8 Å². The summed E-state index contributed by atoms with van der Waals surface area (Å²) < 4.78 is 16.4. The first-order chi connectivity index (χ1) is 9.28. The summed E-state index contributed by atoms with van der Waals surface area (Å²) in [5.41, 5.74) is 1.18. The number of rotatable bonds is 5. The van der Waals surface area contributed by atoms with E-state index in [1.807, 2.05) is 18.2 Å². The van der Waals surface area contributed by atoms with Gasteiger partial charge in [-0.1, -0.05) is 0 Å². The molecule has 1 aromatic carbocycles. The van der Waals surface area contributed by atoms with Gasteiger partial charge in [0.15, 0.2) is 0 Å². The third-order valence-electron chi connectivity index (χ3n) is 4.09. The van der Waals surface area contributed by atoms with Crippen molar-refractivity contribution < 1.29 is 14.2 Å². The van der Waals surface area contributed by atoms with E-state index in [1.54, 1.807) is 14.2 Å². The van der Waals surface area contributed by atoms with E-state index in [9.17, 15) is 0 Å². The van der Waals surface area contributed by atoms with E-state index in [4.69, 9.17) is 14.2 Å². The van der Waals surface area contributed by atoms with Crippen LogP contribution in [0.15, 0.2) is 18.2 Å². The first-order valence-electron chi connectivity index (χ1n) is 6.89. The Hall–Kier alpha value is -1.26. The van der Waals surface area contributed by atoms with Gasteiger partial charge in [-0.05, 0) is 37.0 Å². The van der Waals surface area contributed by atoms with Crippen molar-refractivity contribution in [1.29, 1.82) is 0 Å². The summed E-state index contributed by atoms with van der Waals surface area (Å²) in [6.45, 7) is 0.824. The predicted molar refractivity (Wildman–Crippen MR) is 72.7 cm³/mol. The largest absolute Gasteiger partial charge is 0.497 e. The summed E-state index contributed by atoms with van der Waals surface area (Å²) in [6, 6.07) is 6.48. The zero-order valence-corrected chi connectivity index (χ0v) is 11.5. The fourth-order valence-electron chi connectivity index (χ4n) is 3.07. The lowest BCUT2D eigenvalue weighted by Gasteiger charge is -2.20. The molecule has 0 amide bonds. The van der Waals surface area contributed by atoms with Gasteiger partial charge >= 0.3 is 0 Å². The van der Waals surface area contributed by atoms with Crippen LogP contribution in [0.25, 0.3) is 0 Å². The van der Waals surface area contributed by atoms with Gasteiger partial charge < -0.3 is 19.5 Å². The van der Waals surface area contributed by atoms with Crippen molar-refractivity contribution in [2.24, 2.45) is 0 Å². The molecule has 0 radical (unpaired) electrons. The van der Waals surface area contributed by atoms with E-state index in [0.29, 0.717) is 18.2 Å². The minimum atomic E-state index is 0.414.